The first-order valence-corrected chi connectivity index (χ1v) is 20.5. The summed E-state index contributed by atoms with van der Waals surface area (Å²) in [5, 5.41) is 6.72. The van der Waals surface area contributed by atoms with Gasteiger partial charge in [0.1, 0.15) is 11.2 Å². The Morgan fingerprint density at radius 1 is 0.441 bits per heavy atom. The van der Waals surface area contributed by atoms with Crippen molar-refractivity contribution < 1.29 is 4.42 Å². The minimum atomic E-state index is -0.132. The molecule has 282 valence electrons. The predicted octanol–water partition coefficient (Wildman–Crippen LogP) is 14.4. The van der Waals surface area contributed by atoms with Crippen LogP contribution >= 0.6 is 0 Å². The SMILES string of the molecule is CC.CC1(C)c2ccccc2-c2c(-c3cccc4c5ccc6ccccc6c5n(-c5nc(-c6ccccc6)nc(-c6ccc7c(c6)oc6ccccc67)n5)c34)cccc21. The largest absolute Gasteiger partial charge is 0.456 e. The summed E-state index contributed by atoms with van der Waals surface area (Å²) >= 11 is 0. The third-order valence-corrected chi connectivity index (χ3v) is 12.1. The highest BCUT2D eigenvalue weighted by Crippen LogP contribution is 2.53. The Morgan fingerprint density at radius 2 is 1.05 bits per heavy atom. The molecule has 0 amide bonds. The number of benzene rings is 8. The molecule has 3 heterocycles. The summed E-state index contributed by atoms with van der Waals surface area (Å²) in [5.41, 5.74) is 13.0. The van der Waals surface area contributed by atoms with Crippen molar-refractivity contribution in [2.24, 2.45) is 0 Å². The lowest BCUT2D eigenvalue weighted by molar-refractivity contribution is 0.660. The van der Waals surface area contributed by atoms with Gasteiger partial charge in [0.25, 0.3) is 0 Å². The fourth-order valence-electron chi connectivity index (χ4n) is 9.40. The van der Waals surface area contributed by atoms with E-state index in [4.69, 9.17) is 19.4 Å². The third kappa shape index (κ3) is 5.21. The Hall–Kier alpha value is -7.37. The molecule has 0 radical (unpaired) electrons. The van der Waals surface area contributed by atoms with Crippen LogP contribution < -0.4 is 0 Å². The van der Waals surface area contributed by atoms with E-state index >= 15 is 0 Å². The number of rotatable bonds is 4. The zero-order chi connectivity index (χ0) is 39.8. The van der Waals surface area contributed by atoms with Crippen molar-refractivity contribution in [1.82, 2.24) is 19.5 Å². The lowest BCUT2D eigenvalue weighted by atomic mass is 9.82. The molecule has 0 spiro atoms. The molecule has 59 heavy (non-hydrogen) atoms. The van der Waals surface area contributed by atoms with E-state index in [1.807, 2.05) is 50.2 Å². The Balaban J connectivity index is 0.00000196. The monoisotopic (exact) mass is 760 g/mol. The van der Waals surface area contributed by atoms with Crippen LogP contribution in [0, 0.1) is 0 Å². The molecule has 12 rings (SSSR count). The Kier molecular flexibility index (Phi) is 7.89. The van der Waals surface area contributed by atoms with Gasteiger partial charge in [0, 0.05) is 49.0 Å². The Bertz CT molecular complexity index is 3450. The molecule has 8 aromatic carbocycles. The quantitative estimate of drug-likeness (QED) is 0.179. The fraction of sp³-hybridized carbons (Fsp3) is 0.0926. The molecule has 5 heteroatoms. The Morgan fingerprint density at radius 3 is 1.92 bits per heavy atom. The van der Waals surface area contributed by atoms with E-state index in [9.17, 15) is 0 Å². The fourth-order valence-corrected chi connectivity index (χ4v) is 9.40. The number of nitrogens with zero attached hydrogens (tertiary/aromatic N) is 4. The van der Waals surface area contributed by atoms with E-state index < -0.39 is 0 Å². The average Bonchev–Trinajstić information content (AvgIpc) is 3.93. The van der Waals surface area contributed by atoms with E-state index in [0.29, 0.717) is 17.6 Å². The zero-order valence-electron chi connectivity index (χ0n) is 33.4. The minimum Gasteiger partial charge on any atom is -0.456 e. The van der Waals surface area contributed by atoms with Crippen molar-refractivity contribution in [2.75, 3.05) is 0 Å². The zero-order valence-corrected chi connectivity index (χ0v) is 33.4. The molecule has 0 N–H and O–H groups in total. The van der Waals surface area contributed by atoms with Crippen LogP contribution in [0.2, 0.25) is 0 Å². The maximum Gasteiger partial charge on any atom is 0.238 e. The van der Waals surface area contributed by atoms with Crippen LogP contribution in [-0.2, 0) is 5.41 Å². The van der Waals surface area contributed by atoms with Gasteiger partial charge in [-0.2, -0.15) is 9.97 Å². The summed E-state index contributed by atoms with van der Waals surface area (Å²) in [6.07, 6.45) is 0. The van der Waals surface area contributed by atoms with Crippen molar-refractivity contribution in [2.45, 2.75) is 33.1 Å². The molecule has 1 aliphatic rings. The maximum absolute atomic E-state index is 6.36. The van der Waals surface area contributed by atoms with E-state index in [2.05, 4.69) is 152 Å². The summed E-state index contributed by atoms with van der Waals surface area (Å²) in [5.74, 6) is 1.73. The summed E-state index contributed by atoms with van der Waals surface area (Å²) < 4.78 is 8.66. The van der Waals surface area contributed by atoms with Gasteiger partial charge in [-0.25, -0.2) is 4.98 Å². The summed E-state index contributed by atoms with van der Waals surface area (Å²) in [7, 11) is 0. The lowest BCUT2D eigenvalue weighted by Crippen LogP contribution is -2.14. The first kappa shape index (κ1) is 34.8. The molecule has 5 nitrogen and oxygen atoms in total. The van der Waals surface area contributed by atoms with Gasteiger partial charge in [0.05, 0.1) is 11.0 Å². The van der Waals surface area contributed by atoms with E-state index in [0.717, 1.165) is 71.2 Å². The standard InChI is InChI=1S/C52H34N4O.C2H6/c1-52(2)42-23-10-8-19-41(42)46-37(20-13-24-43(46)52)38-21-12-22-39-40-29-26-31-14-6-7-17-34(31)47(40)56(48(38)39)51-54-49(32-15-4-3-5-16-32)53-50(55-51)33-27-28-36-35-18-9-11-25-44(35)57-45(36)30-33;1-2/h3-30H,1-2H3;1-2H3. The second-order valence-electron chi connectivity index (χ2n) is 15.6. The second-order valence-corrected chi connectivity index (χ2v) is 15.6. The topological polar surface area (TPSA) is 56.7 Å². The highest BCUT2D eigenvalue weighted by Gasteiger charge is 2.37. The van der Waals surface area contributed by atoms with Crippen LogP contribution in [0.5, 0.6) is 0 Å². The van der Waals surface area contributed by atoms with Crippen molar-refractivity contribution in [3.8, 4) is 51.0 Å². The second kappa shape index (κ2) is 13.4. The highest BCUT2D eigenvalue weighted by molar-refractivity contribution is 6.21. The summed E-state index contributed by atoms with van der Waals surface area (Å²) in [6.45, 7) is 8.68. The Labute approximate surface area is 342 Å². The van der Waals surface area contributed by atoms with Crippen molar-refractivity contribution in [3.63, 3.8) is 0 Å². The third-order valence-electron chi connectivity index (χ3n) is 12.1. The van der Waals surface area contributed by atoms with Crippen LogP contribution in [0.25, 0.3) is 105 Å². The highest BCUT2D eigenvalue weighted by atomic mass is 16.3. The molecule has 0 bridgehead atoms. The molecule has 0 aliphatic heterocycles. The lowest BCUT2D eigenvalue weighted by Gasteiger charge is -2.21. The number of hydrogen-bond donors (Lipinski definition) is 0. The first-order chi connectivity index (χ1) is 29.0. The number of furan rings is 1. The van der Waals surface area contributed by atoms with Crippen LogP contribution in [0.15, 0.2) is 174 Å². The molecule has 11 aromatic rings. The van der Waals surface area contributed by atoms with Crippen LogP contribution in [0.1, 0.15) is 38.8 Å². The van der Waals surface area contributed by atoms with E-state index in [1.54, 1.807) is 0 Å². The molecule has 0 unspecified atom stereocenters. The van der Waals surface area contributed by atoms with Gasteiger partial charge in [-0.05, 0) is 51.4 Å². The van der Waals surface area contributed by atoms with Gasteiger partial charge in [0.2, 0.25) is 5.95 Å². The van der Waals surface area contributed by atoms with Gasteiger partial charge < -0.3 is 4.42 Å². The first-order valence-electron chi connectivity index (χ1n) is 20.5. The van der Waals surface area contributed by atoms with Crippen molar-refractivity contribution >= 4 is 54.5 Å². The van der Waals surface area contributed by atoms with E-state index in [1.165, 1.54) is 27.8 Å². The van der Waals surface area contributed by atoms with Gasteiger partial charge in [0.15, 0.2) is 11.6 Å². The normalized spacial score (nSPS) is 12.9. The van der Waals surface area contributed by atoms with Crippen LogP contribution in [-0.4, -0.2) is 19.5 Å². The van der Waals surface area contributed by atoms with Crippen LogP contribution in [0.3, 0.4) is 0 Å². The van der Waals surface area contributed by atoms with Crippen molar-refractivity contribution in [3.05, 3.63) is 181 Å². The number of hydrogen-bond acceptors (Lipinski definition) is 4. The molecule has 0 saturated carbocycles. The molecular formula is C54H40N4O. The van der Waals surface area contributed by atoms with E-state index in [-0.39, 0.29) is 5.41 Å². The van der Waals surface area contributed by atoms with Gasteiger partial charge >= 0.3 is 0 Å². The molecule has 1 aliphatic carbocycles. The molecule has 3 aromatic heterocycles. The molecular weight excluding hydrogens is 721 g/mol. The van der Waals surface area contributed by atoms with Gasteiger partial charge in [-0.3, -0.25) is 4.57 Å². The van der Waals surface area contributed by atoms with Crippen LogP contribution in [0.4, 0.5) is 0 Å². The van der Waals surface area contributed by atoms with Gasteiger partial charge in [-0.15, -0.1) is 0 Å². The molecule has 0 fully saturated rings. The average molecular weight is 761 g/mol. The molecule has 0 saturated heterocycles. The summed E-state index contributed by atoms with van der Waals surface area (Å²) in [4.78, 5) is 15.9. The minimum absolute atomic E-state index is 0.132. The molecule has 0 atom stereocenters. The predicted molar refractivity (Wildman–Crippen MR) is 244 cm³/mol. The van der Waals surface area contributed by atoms with Crippen molar-refractivity contribution in [1.29, 1.82) is 0 Å². The summed E-state index contributed by atoms with van der Waals surface area (Å²) in [6, 6.07) is 60.1. The number of para-hydroxylation sites is 2. The maximum atomic E-state index is 6.36. The van der Waals surface area contributed by atoms with Gasteiger partial charge in [-0.1, -0.05) is 179 Å². The smallest absolute Gasteiger partial charge is 0.238 e. The number of aromatic nitrogens is 4. The number of fused-ring (bicyclic) bond motifs is 11.